The van der Waals surface area contributed by atoms with Crippen LogP contribution in [0, 0.1) is 0 Å². The predicted molar refractivity (Wildman–Crippen MR) is 107 cm³/mol. The molecule has 1 N–H and O–H groups in total. The Kier molecular flexibility index (Phi) is 6.51. The van der Waals surface area contributed by atoms with Crippen molar-refractivity contribution in [3.8, 4) is 0 Å². The normalized spacial score (nSPS) is 28.2. The second-order valence-electron chi connectivity index (χ2n) is 8.39. The minimum atomic E-state index is -0.704. The van der Waals surface area contributed by atoms with Crippen LogP contribution in [0.3, 0.4) is 0 Å². The number of hydrogen-bond acceptors (Lipinski definition) is 5. The van der Waals surface area contributed by atoms with Crippen LogP contribution >= 0.6 is 12.4 Å². The first-order chi connectivity index (χ1) is 13.0. The lowest BCUT2D eigenvalue weighted by molar-refractivity contribution is -0.140. The number of piperazine rings is 1. The van der Waals surface area contributed by atoms with Crippen LogP contribution in [-0.4, -0.2) is 102 Å². The Balaban J connectivity index is 0.00000225. The molecule has 1 aliphatic carbocycles. The topological polar surface area (TPSA) is 76.2 Å². The molecule has 4 rings (SSSR count). The molecule has 1 saturated carbocycles. The van der Waals surface area contributed by atoms with Gasteiger partial charge in [0.2, 0.25) is 5.91 Å². The van der Waals surface area contributed by atoms with E-state index in [2.05, 4.69) is 10.2 Å². The van der Waals surface area contributed by atoms with Gasteiger partial charge in [-0.1, -0.05) is 19.3 Å². The van der Waals surface area contributed by atoms with Crippen LogP contribution in [0.1, 0.15) is 38.5 Å². The molecule has 9 heteroatoms. The average molecular weight is 414 g/mol. The molecule has 3 saturated heterocycles. The maximum absolute atomic E-state index is 13.0. The highest BCUT2D eigenvalue weighted by atomic mass is 35.5. The third-order valence-corrected chi connectivity index (χ3v) is 6.96. The van der Waals surface area contributed by atoms with E-state index in [0.717, 1.165) is 51.9 Å². The van der Waals surface area contributed by atoms with Crippen molar-refractivity contribution < 1.29 is 14.4 Å². The number of halogens is 1. The van der Waals surface area contributed by atoms with Crippen molar-refractivity contribution in [1.29, 1.82) is 0 Å². The van der Waals surface area contributed by atoms with E-state index in [1.54, 1.807) is 11.9 Å². The second kappa shape index (κ2) is 8.55. The van der Waals surface area contributed by atoms with Gasteiger partial charge < -0.3 is 15.1 Å². The number of urea groups is 1. The summed E-state index contributed by atoms with van der Waals surface area (Å²) in [6.45, 7) is 5.33. The van der Waals surface area contributed by atoms with Crippen LogP contribution in [-0.2, 0) is 9.59 Å². The molecule has 1 atom stereocenters. The van der Waals surface area contributed by atoms with E-state index in [9.17, 15) is 14.4 Å². The summed E-state index contributed by atoms with van der Waals surface area (Å²) in [5.41, 5.74) is -0.704. The molecule has 0 radical (unpaired) electrons. The van der Waals surface area contributed by atoms with Crippen molar-refractivity contribution >= 4 is 30.3 Å². The quantitative estimate of drug-likeness (QED) is 0.682. The first-order valence-corrected chi connectivity index (χ1v) is 10.4. The van der Waals surface area contributed by atoms with Crippen LogP contribution in [0.5, 0.6) is 0 Å². The van der Waals surface area contributed by atoms with E-state index >= 15 is 0 Å². The molecule has 3 heterocycles. The van der Waals surface area contributed by atoms with Crippen molar-refractivity contribution in [2.24, 2.45) is 0 Å². The highest BCUT2D eigenvalue weighted by Gasteiger charge is 2.56. The highest BCUT2D eigenvalue weighted by molar-refractivity contribution is 6.08. The highest BCUT2D eigenvalue weighted by Crippen LogP contribution is 2.39. The second-order valence-corrected chi connectivity index (χ2v) is 8.39. The predicted octanol–water partition coefficient (Wildman–Crippen LogP) is 0.511. The summed E-state index contributed by atoms with van der Waals surface area (Å²) < 4.78 is 0. The van der Waals surface area contributed by atoms with Crippen LogP contribution in [0.2, 0.25) is 0 Å². The molecule has 158 valence electrons. The third-order valence-electron chi connectivity index (χ3n) is 6.96. The number of rotatable bonds is 3. The number of nitrogens with one attached hydrogen (secondary N) is 1. The standard InChI is InChI=1S/C19H31N5O3.ClH/c1-21-18(27)24(17(26)19(21)6-3-2-4-7-19)14-16(25)23-10-5-15(13-23)22-11-8-20-9-12-22;/h15,20H,2-14H2,1H3;1H. The molecule has 1 spiro atoms. The molecule has 0 aromatic rings. The Labute approximate surface area is 173 Å². The first kappa shape index (κ1) is 21.3. The van der Waals surface area contributed by atoms with E-state index in [1.807, 2.05) is 4.90 Å². The van der Waals surface area contributed by atoms with E-state index in [-0.39, 0.29) is 36.8 Å². The van der Waals surface area contributed by atoms with Crippen LogP contribution in [0.4, 0.5) is 4.79 Å². The molecule has 3 aliphatic heterocycles. The number of likely N-dealkylation sites (tertiary alicyclic amines) is 1. The van der Waals surface area contributed by atoms with Crippen LogP contribution in [0.25, 0.3) is 0 Å². The van der Waals surface area contributed by atoms with Gasteiger partial charge in [-0.15, -0.1) is 12.4 Å². The molecule has 0 aromatic carbocycles. The van der Waals surface area contributed by atoms with Crippen LogP contribution < -0.4 is 5.32 Å². The summed E-state index contributed by atoms with van der Waals surface area (Å²) in [6, 6.07) is 0.0847. The number of nitrogens with zero attached hydrogens (tertiary/aromatic N) is 4. The zero-order valence-electron chi connectivity index (χ0n) is 16.7. The lowest BCUT2D eigenvalue weighted by atomic mass is 9.81. The molecule has 0 aromatic heterocycles. The average Bonchev–Trinajstić information content (AvgIpc) is 3.26. The fourth-order valence-electron chi connectivity index (χ4n) is 5.22. The Morgan fingerprint density at radius 1 is 1.11 bits per heavy atom. The lowest BCUT2D eigenvalue weighted by Crippen LogP contribution is -2.50. The van der Waals surface area contributed by atoms with Gasteiger partial charge in [-0.05, 0) is 19.3 Å². The SMILES string of the molecule is CN1C(=O)N(CC(=O)N2CCC(N3CCNCC3)C2)C(=O)C12CCCCC2.Cl. The zero-order chi connectivity index (χ0) is 19.0. The number of carbonyl (C=O) groups excluding carboxylic acids is 3. The number of imide groups is 1. The summed E-state index contributed by atoms with van der Waals surface area (Å²) in [6.07, 6.45) is 5.43. The summed E-state index contributed by atoms with van der Waals surface area (Å²) >= 11 is 0. The molecule has 4 aliphatic rings. The van der Waals surface area contributed by atoms with Gasteiger partial charge in [-0.2, -0.15) is 0 Å². The molecule has 8 nitrogen and oxygen atoms in total. The molecule has 4 fully saturated rings. The largest absolute Gasteiger partial charge is 0.340 e. The summed E-state index contributed by atoms with van der Waals surface area (Å²) in [5.74, 6) is -0.267. The smallest absolute Gasteiger partial charge is 0.327 e. The first-order valence-electron chi connectivity index (χ1n) is 10.4. The molecule has 28 heavy (non-hydrogen) atoms. The fourth-order valence-corrected chi connectivity index (χ4v) is 5.22. The van der Waals surface area contributed by atoms with E-state index in [4.69, 9.17) is 0 Å². The van der Waals surface area contributed by atoms with Crippen molar-refractivity contribution in [2.45, 2.75) is 50.1 Å². The van der Waals surface area contributed by atoms with Crippen LogP contribution in [0.15, 0.2) is 0 Å². The van der Waals surface area contributed by atoms with Gasteiger partial charge in [0.05, 0.1) is 0 Å². The van der Waals surface area contributed by atoms with Gasteiger partial charge in [-0.25, -0.2) is 4.79 Å². The van der Waals surface area contributed by atoms with Crippen molar-refractivity contribution in [3.05, 3.63) is 0 Å². The lowest BCUT2D eigenvalue weighted by Gasteiger charge is -2.35. The monoisotopic (exact) mass is 413 g/mol. The minimum absolute atomic E-state index is 0. The van der Waals surface area contributed by atoms with E-state index in [1.165, 1.54) is 4.90 Å². The zero-order valence-corrected chi connectivity index (χ0v) is 17.5. The summed E-state index contributed by atoms with van der Waals surface area (Å²) in [4.78, 5) is 45.6. The molecular formula is C19H32ClN5O3. The van der Waals surface area contributed by atoms with Crippen molar-refractivity contribution in [2.75, 3.05) is 52.9 Å². The summed E-state index contributed by atoms with van der Waals surface area (Å²) in [5, 5.41) is 3.35. The Bertz CT molecular complexity index is 619. The van der Waals surface area contributed by atoms with Gasteiger partial charge in [0.15, 0.2) is 0 Å². The number of amides is 4. The number of carbonyl (C=O) groups is 3. The fraction of sp³-hybridized carbons (Fsp3) is 0.842. The molecule has 1 unspecified atom stereocenters. The minimum Gasteiger partial charge on any atom is -0.340 e. The van der Waals surface area contributed by atoms with Gasteiger partial charge in [-0.3, -0.25) is 19.4 Å². The van der Waals surface area contributed by atoms with E-state index in [0.29, 0.717) is 32.0 Å². The van der Waals surface area contributed by atoms with Crippen molar-refractivity contribution in [1.82, 2.24) is 24.9 Å². The Morgan fingerprint density at radius 2 is 1.79 bits per heavy atom. The molecular weight excluding hydrogens is 382 g/mol. The van der Waals surface area contributed by atoms with Crippen molar-refractivity contribution in [3.63, 3.8) is 0 Å². The number of hydrogen-bond donors (Lipinski definition) is 1. The van der Waals surface area contributed by atoms with Gasteiger partial charge in [0, 0.05) is 52.4 Å². The van der Waals surface area contributed by atoms with E-state index < -0.39 is 5.54 Å². The van der Waals surface area contributed by atoms with Gasteiger partial charge in [0.25, 0.3) is 5.91 Å². The maximum atomic E-state index is 13.0. The van der Waals surface area contributed by atoms with Gasteiger partial charge >= 0.3 is 6.03 Å². The maximum Gasteiger partial charge on any atom is 0.327 e. The third kappa shape index (κ3) is 3.62. The molecule has 0 bridgehead atoms. The Hall–Kier alpha value is -1.38. The number of likely N-dealkylation sites (N-methyl/N-ethyl adjacent to an activating group) is 1. The summed E-state index contributed by atoms with van der Waals surface area (Å²) in [7, 11) is 1.71. The Morgan fingerprint density at radius 3 is 2.46 bits per heavy atom. The molecule has 4 amide bonds. The van der Waals surface area contributed by atoms with Gasteiger partial charge in [0.1, 0.15) is 12.1 Å².